The van der Waals surface area contributed by atoms with E-state index in [1.165, 1.54) is 39.6 Å². The van der Waals surface area contributed by atoms with E-state index in [-0.39, 0.29) is 27.1 Å². The lowest BCUT2D eigenvalue weighted by atomic mass is 9.87. The number of hydrogen-bond donors (Lipinski definition) is 0. The van der Waals surface area contributed by atoms with Crippen LogP contribution in [0.25, 0.3) is 32.7 Å². The summed E-state index contributed by atoms with van der Waals surface area (Å²) in [5, 5.41) is 4.31. The summed E-state index contributed by atoms with van der Waals surface area (Å²) in [5.41, 5.74) is 12.0. The molecule has 8 aromatic rings. The highest BCUT2D eigenvalue weighted by Gasteiger charge is 2.30. The third-order valence-electron chi connectivity index (χ3n) is 11.7. The molecule has 0 aliphatic heterocycles. The Morgan fingerprint density at radius 3 is 1.25 bits per heavy atom. The van der Waals surface area contributed by atoms with Crippen LogP contribution in [0, 0.1) is 27.7 Å². The van der Waals surface area contributed by atoms with E-state index in [0.29, 0.717) is 0 Å². The number of alkyl halides is 3. The van der Waals surface area contributed by atoms with Gasteiger partial charge in [-0.25, -0.2) is 9.97 Å². The van der Waals surface area contributed by atoms with E-state index < -0.39 is 11.7 Å². The first-order valence-electron chi connectivity index (χ1n) is 24.3. The average molecular weight is 985 g/mol. The first kappa shape index (κ1) is 57.8. The molecule has 378 valence electrons. The fourth-order valence-electron chi connectivity index (χ4n) is 7.10. The number of para-hydroxylation sites is 2. The van der Waals surface area contributed by atoms with E-state index in [4.69, 9.17) is 21.6 Å². The molecule has 4 aromatic heterocycles. The van der Waals surface area contributed by atoms with Gasteiger partial charge in [0.2, 0.25) is 0 Å². The molecule has 4 aromatic carbocycles. The molecule has 0 aliphatic carbocycles. The Balaban J connectivity index is 0.000000194. The van der Waals surface area contributed by atoms with Crippen LogP contribution >= 0.6 is 11.6 Å². The average Bonchev–Trinajstić information content (AvgIpc) is 3.27. The lowest BCUT2D eigenvalue weighted by molar-refractivity contribution is -0.137. The number of nitrogens with zero attached hydrogens (tertiary/aromatic N) is 5. The van der Waals surface area contributed by atoms with Crippen molar-refractivity contribution in [3.63, 3.8) is 0 Å². The minimum atomic E-state index is -4.24. The minimum absolute atomic E-state index is 0.0629. The van der Waals surface area contributed by atoms with Crippen LogP contribution in [0.3, 0.4) is 0 Å². The molecule has 0 bridgehead atoms. The van der Waals surface area contributed by atoms with Gasteiger partial charge in [0.1, 0.15) is 5.82 Å². The van der Waals surface area contributed by atoms with Crippen molar-refractivity contribution in [3.8, 4) is 0 Å². The molecule has 0 radical (unpaired) electrons. The van der Waals surface area contributed by atoms with Crippen molar-refractivity contribution in [2.75, 3.05) is 0 Å². The van der Waals surface area contributed by atoms with Crippen LogP contribution < -0.4 is 0 Å². The van der Waals surface area contributed by atoms with E-state index in [1.54, 1.807) is 0 Å². The van der Waals surface area contributed by atoms with Gasteiger partial charge in [0.15, 0.2) is 0 Å². The molecule has 0 N–H and O–H groups in total. The van der Waals surface area contributed by atoms with Gasteiger partial charge in [-0.05, 0) is 97.3 Å². The Hall–Kier alpha value is -5.73. The predicted octanol–water partition coefficient (Wildman–Crippen LogP) is 18.3. The maximum Gasteiger partial charge on any atom is 0.416 e. The van der Waals surface area contributed by atoms with Crippen molar-refractivity contribution in [3.05, 3.63) is 183 Å². The van der Waals surface area contributed by atoms with Gasteiger partial charge in [-0.1, -0.05) is 188 Å². The second kappa shape index (κ2) is 22.8. The monoisotopic (exact) mass is 984 g/mol. The second-order valence-corrected chi connectivity index (χ2v) is 24.0. The van der Waals surface area contributed by atoms with Crippen molar-refractivity contribution < 1.29 is 13.2 Å². The smallest absolute Gasteiger partial charge is 0.252 e. The Morgan fingerprint density at radius 1 is 0.380 bits per heavy atom. The zero-order valence-electron chi connectivity index (χ0n) is 45.8. The highest BCUT2D eigenvalue weighted by molar-refractivity contribution is 6.35. The maximum absolute atomic E-state index is 12.2. The number of rotatable bonds is 0. The third kappa shape index (κ3) is 16.7. The van der Waals surface area contributed by atoms with Gasteiger partial charge in [-0.15, -0.1) is 0 Å². The molecule has 0 fully saturated rings. The van der Waals surface area contributed by atoms with Crippen LogP contribution in [0.15, 0.2) is 122 Å². The Kier molecular flexibility index (Phi) is 18.6. The summed E-state index contributed by atoms with van der Waals surface area (Å²) in [5.74, 6) is 0.906. The molecule has 71 heavy (non-hydrogen) atoms. The standard InChI is InChI=1S/C15H19N.C14H17N.C13H14ClN.C11H13F3.C9H14N2/c1-10-6-7-11(2)14-12(10)8-9-13(16-14)15(3,4)5;1-10-6-5-7-11-8-9-12(14(2,3)4)15-13(10)11;1-13(2,3)11-8-7-9-5-4-6-10(14)12(9)15-11;1-10(2,3)8-4-6-9(7-5-8)11(12,13)14;1-7-5-10-8(11-6-7)9(2,3)4/h6-9H,1-5H3;5-9H,1-4H3;4-8H,1-3H3;4-7H,1-3H3;5-6H,1-4H3. The maximum atomic E-state index is 12.2. The zero-order chi connectivity index (χ0) is 53.5. The van der Waals surface area contributed by atoms with Crippen molar-refractivity contribution in [2.45, 2.75) is 165 Å². The highest BCUT2D eigenvalue weighted by Crippen LogP contribution is 2.32. The number of halogens is 4. The molecule has 8 rings (SSSR count). The Bertz CT molecular complexity index is 2890. The summed E-state index contributed by atoms with van der Waals surface area (Å²) in [7, 11) is 0. The number of benzene rings is 4. The number of aromatic nitrogens is 5. The molecule has 0 spiro atoms. The van der Waals surface area contributed by atoms with Crippen LogP contribution in [-0.4, -0.2) is 24.9 Å². The Morgan fingerprint density at radius 2 is 0.789 bits per heavy atom. The molecule has 0 saturated heterocycles. The normalized spacial score (nSPS) is 12.2. The first-order chi connectivity index (χ1) is 32.6. The quantitative estimate of drug-likeness (QED) is 0.151. The molecule has 0 aliphatic rings. The van der Waals surface area contributed by atoms with Gasteiger partial charge in [-0.2, -0.15) is 13.2 Å². The van der Waals surface area contributed by atoms with Gasteiger partial charge >= 0.3 is 6.18 Å². The second-order valence-electron chi connectivity index (χ2n) is 23.6. The van der Waals surface area contributed by atoms with Gasteiger partial charge in [0.25, 0.3) is 0 Å². The number of aryl methyl sites for hydroxylation is 4. The fraction of sp³-hybridized carbons (Fsp3) is 0.403. The molecule has 5 nitrogen and oxygen atoms in total. The fourth-order valence-corrected chi connectivity index (χ4v) is 7.32. The molecule has 4 heterocycles. The van der Waals surface area contributed by atoms with Gasteiger partial charge in [-0.3, -0.25) is 15.0 Å². The molecule has 0 unspecified atom stereocenters. The van der Waals surface area contributed by atoms with E-state index >= 15 is 0 Å². The van der Waals surface area contributed by atoms with Crippen molar-refractivity contribution in [2.24, 2.45) is 0 Å². The first-order valence-corrected chi connectivity index (χ1v) is 24.7. The van der Waals surface area contributed by atoms with Gasteiger partial charge in [0, 0.05) is 67.3 Å². The highest BCUT2D eigenvalue weighted by atomic mass is 35.5. The van der Waals surface area contributed by atoms with Crippen LogP contribution in [0.5, 0.6) is 0 Å². The topological polar surface area (TPSA) is 64.5 Å². The van der Waals surface area contributed by atoms with E-state index in [2.05, 4.69) is 186 Å². The molecule has 9 heteroatoms. The largest absolute Gasteiger partial charge is 0.416 e. The number of fused-ring (bicyclic) bond motifs is 3. The molecule has 0 amide bonds. The van der Waals surface area contributed by atoms with E-state index in [9.17, 15) is 13.2 Å². The summed E-state index contributed by atoms with van der Waals surface area (Å²) in [6.45, 7) is 40.2. The third-order valence-corrected chi connectivity index (χ3v) is 12.0. The van der Waals surface area contributed by atoms with Gasteiger partial charge < -0.3 is 0 Å². The van der Waals surface area contributed by atoms with Crippen molar-refractivity contribution in [1.82, 2.24) is 24.9 Å². The summed E-state index contributed by atoms with van der Waals surface area (Å²) >= 11 is 6.12. The van der Waals surface area contributed by atoms with Crippen LogP contribution in [-0.2, 0) is 33.3 Å². The van der Waals surface area contributed by atoms with Crippen LogP contribution in [0.4, 0.5) is 13.2 Å². The van der Waals surface area contributed by atoms with Crippen molar-refractivity contribution in [1.29, 1.82) is 0 Å². The van der Waals surface area contributed by atoms with E-state index in [1.807, 2.05) is 58.3 Å². The Labute approximate surface area is 428 Å². The van der Waals surface area contributed by atoms with E-state index in [0.717, 1.165) is 73.1 Å². The SMILES string of the molecule is CC(C)(C)c1ccc(C(F)(F)F)cc1.CC(C)(C)c1ccc2cccc(Cl)c2n1.Cc1ccc(C)c2nc(C(C)(C)C)ccc12.Cc1cccc2ccc(C(C)(C)C)nc12.Cc1cnc(C(C)(C)C)nc1. The lowest BCUT2D eigenvalue weighted by Crippen LogP contribution is -2.15. The van der Waals surface area contributed by atoms with Crippen LogP contribution in [0.1, 0.15) is 160 Å². The molecule has 0 atom stereocenters. The summed E-state index contributed by atoms with van der Waals surface area (Å²) in [4.78, 5) is 22.6. The predicted molar refractivity (Wildman–Crippen MR) is 296 cm³/mol. The molecular weight excluding hydrogens is 907 g/mol. The van der Waals surface area contributed by atoms with Crippen molar-refractivity contribution >= 4 is 44.3 Å². The number of hydrogen-bond acceptors (Lipinski definition) is 5. The summed E-state index contributed by atoms with van der Waals surface area (Å²) < 4.78 is 36.6. The minimum Gasteiger partial charge on any atom is -0.252 e. The summed E-state index contributed by atoms with van der Waals surface area (Å²) in [6, 6.07) is 34.6. The van der Waals surface area contributed by atoms with Gasteiger partial charge in [0.05, 0.1) is 27.1 Å². The summed E-state index contributed by atoms with van der Waals surface area (Å²) in [6.07, 6.45) is -0.530. The molecule has 0 saturated carbocycles. The van der Waals surface area contributed by atoms with Crippen LogP contribution in [0.2, 0.25) is 5.02 Å². The zero-order valence-corrected chi connectivity index (χ0v) is 46.6. The lowest BCUT2D eigenvalue weighted by Gasteiger charge is -2.19. The number of pyridine rings is 3. The molecular formula is C62H77ClF3N5.